The molecule has 0 unspecified atom stereocenters. The van der Waals surface area contributed by atoms with E-state index in [2.05, 4.69) is 12.6 Å². The van der Waals surface area contributed by atoms with Crippen molar-refractivity contribution in [3.63, 3.8) is 0 Å². The fourth-order valence-electron chi connectivity index (χ4n) is 3.05. The van der Waals surface area contributed by atoms with E-state index in [-0.39, 0.29) is 11.9 Å². The van der Waals surface area contributed by atoms with Crippen LogP contribution >= 0.6 is 0 Å². The van der Waals surface area contributed by atoms with E-state index >= 15 is 0 Å². The minimum absolute atomic E-state index is 0.0267. The summed E-state index contributed by atoms with van der Waals surface area (Å²) in [5.74, 6) is 1.02. The highest BCUT2D eigenvalue weighted by Gasteiger charge is 2.28. The minimum atomic E-state index is -0.0267. The predicted octanol–water partition coefficient (Wildman–Crippen LogP) is 1.65. The molecular formula is C19H28NO3+. The molecule has 1 aliphatic heterocycles. The molecular weight excluding hydrogens is 290 g/mol. The van der Waals surface area contributed by atoms with Gasteiger partial charge in [-0.25, -0.2) is 0 Å². The van der Waals surface area contributed by atoms with Crippen molar-refractivity contribution in [2.24, 2.45) is 5.92 Å². The Morgan fingerprint density at radius 2 is 2.09 bits per heavy atom. The summed E-state index contributed by atoms with van der Waals surface area (Å²) in [6.45, 7) is 9.83. The summed E-state index contributed by atoms with van der Waals surface area (Å²) in [4.78, 5) is 13.2. The van der Waals surface area contributed by atoms with Gasteiger partial charge >= 0.3 is 5.97 Å². The van der Waals surface area contributed by atoms with Crippen molar-refractivity contribution in [1.82, 2.24) is 0 Å². The molecule has 1 heterocycles. The summed E-state index contributed by atoms with van der Waals surface area (Å²) in [5.41, 5.74) is 1.18. The number of hydrogen-bond acceptors (Lipinski definition) is 3. The molecule has 23 heavy (non-hydrogen) atoms. The van der Waals surface area contributed by atoms with Gasteiger partial charge in [0.15, 0.2) is 0 Å². The van der Waals surface area contributed by atoms with Crippen molar-refractivity contribution in [3.05, 3.63) is 42.5 Å². The lowest BCUT2D eigenvalue weighted by Crippen LogP contribution is -3.13. The van der Waals surface area contributed by atoms with Crippen LogP contribution in [0.1, 0.15) is 25.3 Å². The van der Waals surface area contributed by atoms with E-state index in [0.717, 1.165) is 44.6 Å². The number of para-hydroxylation sites is 1. The van der Waals surface area contributed by atoms with Crippen LogP contribution in [0.5, 0.6) is 5.75 Å². The normalized spacial score (nSPS) is 20.7. The topological polar surface area (TPSA) is 40.0 Å². The number of quaternary nitrogens is 1. The van der Waals surface area contributed by atoms with Gasteiger partial charge in [-0.3, -0.25) is 4.79 Å². The first-order chi connectivity index (χ1) is 11.2. The zero-order chi connectivity index (χ0) is 16.5. The second-order valence-corrected chi connectivity index (χ2v) is 5.98. The first-order valence-corrected chi connectivity index (χ1v) is 8.56. The summed E-state index contributed by atoms with van der Waals surface area (Å²) in [6.07, 6.45) is 4.56. The third-order valence-electron chi connectivity index (χ3n) is 4.36. The van der Waals surface area contributed by atoms with Crippen LogP contribution in [0, 0.1) is 5.92 Å². The van der Waals surface area contributed by atoms with Crippen LogP contribution in [0.4, 0.5) is 0 Å². The van der Waals surface area contributed by atoms with Crippen LogP contribution in [0.2, 0.25) is 0 Å². The zero-order valence-electron chi connectivity index (χ0n) is 14.1. The van der Waals surface area contributed by atoms with Crippen LogP contribution in [-0.4, -0.2) is 38.8 Å². The molecule has 1 aromatic rings. The lowest BCUT2D eigenvalue weighted by Gasteiger charge is -2.28. The van der Waals surface area contributed by atoms with E-state index in [9.17, 15) is 4.79 Å². The summed E-state index contributed by atoms with van der Waals surface area (Å²) < 4.78 is 11.1. The SMILES string of the molecule is C=CCc1ccccc1OCC[NH+]1CCC(C(=O)OCC)CC1. The molecule has 0 amide bonds. The second kappa shape index (κ2) is 9.36. The molecule has 126 valence electrons. The molecule has 1 saturated heterocycles. The number of likely N-dealkylation sites (tertiary alicyclic amines) is 1. The molecule has 0 aromatic heterocycles. The molecule has 1 N–H and O–H groups in total. The number of rotatable bonds is 8. The summed E-state index contributed by atoms with van der Waals surface area (Å²) in [6, 6.07) is 8.12. The zero-order valence-corrected chi connectivity index (χ0v) is 14.1. The van der Waals surface area contributed by atoms with Crippen LogP contribution in [0.15, 0.2) is 36.9 Å². The Bertz CT molecular complexity index is 507. The van der Waals surface area contributed by atoms with Crippen molar-refractivity contribution >= 4 is 5.97 Å². The lowest BCUT2D eigenvalue weighted by atomic mass is 9.97. The molecule has 4 nitrogen and oxygen atoms in total. The molecule has 0 radical (unpaired) electrons. The highest BCUT2D eigenvalue weighted by molar-refractivity contribution is 5.72. The van der Waals surface area contributed by atoms with Crippen molar-refractivity contribution < 1.29 is 19.2 Å². The van der Waals surface area contributed by atoms with E-state index in [1.165, 1.54) is 10.5 Å². The van der Waals surface area contributed by atoms with E-state index in [1.54, 1.807) is 0 Å². The van der Waals surface area contributed by atoms with E-state index < -0.39 is 0 Å². The van der Waals surface area contributed by atoms with Gasteiger partial charge in [-0.2, -0.15) is 0 Å². The van der Waals surface area contributed by atoms with Crippen LogP contribution in [0.3, 0.4) is 0 Å². The fraction of sp³-hybridized carbons (Fsp3) is 0.526. The van der Waals surface area contributed by atoms with Crippen molar-refractivity contribution in [3.8, 4) is 5.75 Å². The van der Waals surface area contributed by atoms with Gasteiger partial charge in [0, 0.05) is 12.8 Å². The molecule has 0 aliphatic carbocycles. The number of hydrogen-bond donors (Lipinski definition) is 1. The maximum absolute atomic E-state index is 11.7. The van der Waals surface area contributed by atoms with E-state index in [0.29, 0.717) is 13.2 Å². The van der Waals surface area contributed by atoms with Crippen LogP contribution < -0.4 is 9.64 Å². The number of ether oxygens (including phenoxy) is 2. The van der Waals surface area contributed by atoms with Crippen molar-refractivity contribution in [1.29, 1.82) is 0 Å². The van der Waals surface area contributed by atoms with Crippen molar-refractivity contribution in [2.45, 2.75) is 26.2 Å². The molecule has 0 atom stereocenters. The standard InChI is InChI=1S/C19H27NO3/c1-3-7-16-8-5-6-9-18(16)23-15-14-20-12-10-17(11-13-20)19(21)22-4-2/h3,5-6,8-9,17H,1,4,7,10-15H2,2H3/p+1. The highest BCUT2D eigenvalue weighted by Crippen LogP contribution is 2.18. The van der Waals surface area contributed by atoms with Gasteiger partial charge in [0.25, 0.3) is 0 Å². The molecule has 4 heteroatoms. The largest absolute Gasteiger partial charge is 0.487 e. The van der Waals surface area contributed by atoms with Gasteiger partial charge in [-0.05, 0) is 25.0 Å². The average Bonchev–Trinajstić information content (AvgIpc) is 2.57. The molecule has 1 fully saturated rings. The highest BCUT2D eigenvalue weighted by atomic mass is 16.5. The van der Waals surface area contributed by atoms with E-state index in [4.69, 9.17) is 9.47 Å². The molecule has 0 spiro atoms. The smallest absolute Gasteiger partial charge is 0.309 e. The molecule has 1 aliphatic rings. The summed E-state index contributed by atoms with van der Waals surface area (Å²) >= 11 is 0. The quantitative estimate of drug-likeness (QED) is 0.585. The monoisotopic (exact) mass is 318 g/mol. The van der Waals surface area contributed by atoms with Crippen LogP contribution in [-0.2, 0) is 16.0 Å². The van der Waals surface area contributed by atoms with Gasteiger partial charge in [-0.1, -0.05) is 24.3 Å². The number of carbonyl (C=O) groups is 1. The number of benzene rings is 1. The van der Waals surface area contributed by atoms with Crippen LogP contribution in [0.25, 0.3) is 0 Å². The Hall–Kier alpha value is -1.81. The lowest BCUT2D eigenvalue weighted by molar-refractivity contribution is -0.905. The number of piperidine rings is 1. The third kappa shape index (κ3) is 5.39. The Kier molecular flexibility index (Phi) is 7.14. The number of allylic oxidation sites excluding steroid dienone is 1. The molecule has 0 bridgehead atoms. The van der Waals surface area contributed by atoms with Gasteiger partial charge < -0.3 is 14.4 Å². The number of nitrogens with one attached hydrogen (secondary N) is 1. The van der Waals surface area contributed by atoms with E-state index in [1.807, 2.05) is 31.2 Å². The Morgan fingerprint density at radius 1 is 1.35 bits per heavy atom. The molecule has 1 aromatic carbocycles. The fourth-order valence-corrected chi connectivity index (χ4v) is 3.05. The van der Waals surface area contributed by atoms with Gasteiger partial charge in [0.05, 0.1) is 25.6 Å². The van der Waals surface area contributed by atoms with Gasteiger partial charge in [0.1, 0.15) is 18.9 Å². The number of carbonyl (C=O) groups excluding carboxylic acids is 1. The Balaban J connectivity index is 1.72. The van der Waals surface area contributed by atoms with Gasteiger partial charge in [0.2, 0.25) is 0 Å². The maximum atomic E-state index is 11.7. The average molecular weight is 318 g/mol. The third-order valence-corrected chi connectivity index (χ3v) is 4.36. The minimum Gasteiger partial charge on any atom is -0.487 e. The van der Waals surface area contributed by atoms with Gasteiger partial charge in [-0.15, -0.1) is 6.58 Å². The predicted molar refractivity (Wildman–Crippen MR) is 90.8 cm³/mol. The summed E-state index contributed by atoms with van der Waals surface area (Å²) in [5, 5.41) is 0. The first kappa shape index (κ1) is 17.5. The van der Waals surface area contributed by atoms with Crippen molar-refractivity contribution in [2.75, 3.05) is 32.8 Å². The first-order valence-electron chi connectivity index (χ1n) is 8.56. The summed E-state index contributed by atoms with van der Waals surface area (Å²) in [7, 11) is 0. The Morgan fingerprint density at radius 3 is 2.78 bits per heavy atom. The number of esters is 1. The maximum Gasteiger partial charge on any atom is 0.309 e. The molecule has 0 saturated carbocycles. The second-order valence-electron chi connectivity index (χ2n) is 5.98. The molecule has 2 rings (SSSR count). The Labute approximate surface area is 139 Å².